The summed E-state index contributed by atoms with van der Waals surface area (Å²) in [7, 11) is 0. The summed E-state index contributed by atoms with van der Waals surface area (Å²) >= 11 is 0. The predicted octanol–water partition coefficient (Wildman–Crippen LogP) is 2.81. The van der Waals surface area contributed by atoms with Crippen molar-refractivity contribution in [3.05, 3.63) is 29.7 Å². The maximum absolute atomic E-state index is 5.62. The summed E-state index contributed by atoms with van der Waals surface area (Å²) in [5.74, 6) is 0.950. The summed E-state index contributed by atoms with van der Waals surface area (Å²) in [6, 6.07) is 3.91. The molecule has 0 bridgehead atoms. The molecule has 14 heavy (non-hydrogen) atoms. The molecule has 2 heteroatoms. The molecule has 0 atom stereocenters. The Kier molecular flexibility index (Phi) is 2.46. The molecular formula is C12H17NO. The zero-order valence-electron chi connectivity index (χ0n) is 8.62. The van der Waals surface area contributed by atoms with E-state index >= 15 is 0 Å². The molecule has 1 fully saturated rings. The van der Waals surface area contributed by atoms with Crippen molar-refractivity contribution < 1.29 is 4.42 Å². The first-order valence-corrected chi connectivity index (χ1v) is 5.19. The number of rotatable bonds is 4. The van der Waals surface area contributed by atoms with E-state index < -0.39 is 0 Å². The van der Waals surface area contributed by atoms with Crippen molar-refractivity contribution in [1.29, 1.82) is 0 Å². The lowest BCUT2D eigenvalue weighted by atomic mass is 9.93. The number of hydrogen-bond donors (Lipinski definition) is 1. The van der Waals surface area contributed by atoms with Gasteiger partial charge in [-0.3, -0.25) is 0 Å². The molecule has 1 aliphatic carbocycles. The van der Waals surface area contributed by atoms with Crippen LogP contribution in [0.1, 0.15) is 31.9 Å². The summed E-state index contributed by atoms with van der Waals surface area (Å²) in [6.45, 7) is 2.97. The van der Waals surface area contributed by atoms with Crippen LogP contribution in [0.3, 0.4) is 0 Å². The smallest absolute Gasteiger partial charge is 0.126 e. The Labute approximate surface area is 84.8 Å². The third-order valence-corrected chi connectivity index (χ3v) is 3.21. The fourth-order valence-electron chi connectivity index (χ4n) is 2.01. The van der Waals surface area contributed by atoms with E-state index in [1.165, 1.54) is 18.4 Å². The molecule has 0 unspecified atom stereocenters. The predicted molar refractivity (Wildman–Crippen MR) is 57.7 cm³/mol. The van der Waals surface area contributed by atoms with E-state index in [0.29, 0.717) is 5.41 Å². The molecular weight excluding hydrogens is 174 g/mol. The van der Waals surface area contributed by atoms with Gasteiger partial charge in [-0.05, 0) is 56.4 Å². The highest BCUT2D eigenvalue weighted by Gasteiger charge is 2.42. The quantitative estimate of drug-likeness (QED) is 0.794. The molecule has 1 aliphatic rings. The van der Waals surface area contributed by atoms with Gasteiger partial charge in [0.25, 0.3) is 0 Å². The molecule has 0 saturated heterocycles. The average molecular weight is 191 g/mol. The molecule has 0 aliphatic heterocycles. The first-order valence-electron chi connectivity index (χ1n) is 5.19. The van der Waals surface area contributed by atoms with E-state index in [9.17, 15) is 0 Å². The van der Waals surface area contributed by atoms with Crippen LogP contribution in [0, 0.1) is 5.41 Å². The molecule has 2 nitrogen and oxygen atoms in total. The van der Waals surface area contributed by atoms with Gasteiger partial charge in [0.05, 0.1) is 6.26 Å². The SMILES string of the molecule is C/C(=C/c1ccco1)C1(CCN)CC1. The van der Waals surface area contributed by atoms with Crippen molar-refractivity contribution in [3.63, 3.8) is 0 Å². The molecule has 1 aromatic heterocycles. The van der Waals surface area contributed by atoms with E-state index in [1.54, 1.807) is 6.26 Å². The maximum Gasteiger partial charge on any atom is 0.126 e. The Morgan fingerprint density at radius 2 is 2.43 bits per heavy atom. The Balaban J connectivity index is 2.11. The van der Waals surface area contributed by atoms with Crippen molar-refractivity contribution in [1.82, 2.24) is 0 Å². The normalized spacial score (nSPS) is 19.7. The van der Waals surface area contributed by atoms with Gasteiger partial charge in [-0.1, -0.05) is 5.57 Å². The van der Waals surface area contributed by atoms with Gasteiger partial charge in [-0.25, -0.2) is 0 Å². The third-order valence-electron chi connectivity index (χ3n) is 3.21. The minimum absolute atomic E-state index is 0.404. The molecule has 76 valence electrons. The first kappa shape index (κ1) is 9.53. The highest BCUT2D eigenvalue weighted by Crippen LogP contribution is 2.54. The van der Waals surface area contributed by atoms with E-state index in [0.717, 1.165) is 18.7 Å². The first-order chi connectivity index (χ1) is 6.77. The van der Waals surface area contributed by atoms with E-state index in [1.807, 2.05) is 12.1 Å². The Morgan fingerprint density at radius 1 is 1.64 bits per heavy atom. The van der Waals surface area contributed by atoms with Crippen LogP contribution in [0.25, 0.3) is 6.08 Å². The van der Waals surface area contributed by atoms with Gasteiger partial charge in [-0.2, -0.15) is 0 Å². The van der Waals surface area contributed by atoms with Gasteiger partial charge in [0.2, 0.25) is 0 Å². The summed E-state index contributed by atoms with van der Waals surface area (Å²) in [5.41, 5.74) is 7.43. The zero-order valence-corrected chi connectivity index (χ0v) is 8.62. The maximum atomic E-state index is 5.62. The standard InChI is InChI=1S/C12H17NO/c1-10(9-11-3-2-8-14-11)12(4-5-12)6-7-13/h2-3,8-9H,4-7,13H2,1H3/b10-9-. The lowest BCUT2D eigenvalue weighted by Crippen LogP contribution is -2.10. The van der Waals surface area contributed by atoms with Crippen LogP contribution in [0.5, 0.6) is 0 Å². The fourth-order valence-corrected chi connectivity index (χ4v) is 2.01. The molecule has 1 saturated carbocycles. The highest BCUT2D eigenvalue weighted by molar-refractivity contribution is 5.50. The lowest BCUT2D eigenvalue weighted by molar-refractivity contribution is 0.543. The number of furan rings is 1. The van der Waals surface area contributed by atoms with Gasteiger partial charge in [-0.15, -0.1) is 0 Å². The van der Waals surface area contributed by atoms with Crippen LogP contribution in [-0.4, -0.2) is 6.54 Å². The van der Waals surface area contributed by atoms with Gasteiger partial charge >= 0.3 is 0 Å². The van der Waals surface area contributed by atoms with Crippen molar-refractivity contribution in [3.8, 4) is 0 Å². The van der Waals surface area contributed by atoms with Gasteiger partial charge in [0.1, 0.15) is 5.76 Å². The molecule has 0 aromatic carbocycles. The van der Waals surface area contributed by atoms with Crippen LogP contribution in [0.15, 0.2) is 28.4 Å². The number of nitrogens with two attached hydrogens (primary N) is 1. The molecule has 2 N–H and O–H groups in total. The topological polar surface area (TPSA) is 39.2 Å². The zero-order chi connectivity index (χ0) is 10.0. The summed E-state index contributed by atoms with van der Waals surface area (Å²) in [6.07, 6.45) is 7.53. The van der Waals surface area contributed by atoms with Crippen molar-refractivity contribution >= 4 is 6.08 Å². The fraction of sp³-hybridized carbons (Fsp3) is 0.500. The molecule has 0 radical (unpaired) electrons. The summed E-state index contributed by atoms with van der Waals surface area (Å²) < 4.78 is 5.30. The van der Waals surface area contributed by atoms with Crippen molar-refractivity contribution in [2.24, 2.45) is 11.1 Å². The average Bonchev–Trinajstić information content (AvgIpc) is 2.77. The summed E-state index contributed by atoms with van der Waals surface area (Å²) in [5, 5.41) is 0. The van der Waals surface area contributed by atoms with E-state index in [2.05, 4.69) is 13.0 Å². The minimum atomic E-state index is 0.404. The van der Waals surface area contributed by atoms with Crippen LogP contribution < -0.4 is 5.73 Å². The molecule has 2 rings (SSSR count). The Bertz CT molecular complexity index is 320. The lowest BCUT2D eigenvalue weighted by Gasteiger charge is -2.14. The highest BCUT2D eigenvalue weighted by atomic mass is 16.3. The van der Waals surface area contributed by atoms with Crippen LogP contribution in [-0.2, 0) is 0 Å². The monoisotopic (exact) mass is 191 g/mol. The second-order valence-electron chi connectivity index (χ2n) is 4.16. The van der Waals surface area contributed by atoms with Crippen LogP contribution >= 0.6 is 0 Å². The third kappa shape index (κ3) is 1.75. The Hall–Kier alpha value is -1.02. The minimum Gasteiger partial charge on any atom is -0.465 e. The molecule has 0 spiro atoms. The molecule has 1 heterocycles. The number of allylic oxidation sites excluding steroid dienone is 1. The largest absolute Gasteiger partial charge is 0.465 e. The Morgan fingerprint density at radius 3 is 2.93 bits per heavy atom. The van der Waals surface area contributed by atoms with Gasteiger partial charge in [0.15, 0.2) is 0 Å². The summed E-state index contributed by atoms with van der Waals surface area (Å²) in [4.78, 5) is 0. The van der Waals surface area contributed by atoms with Crippen LogP contribution in [0.2, 0.25) is 0 Å². The number of hydrogen-bond acceptors (Lipinski definition) is 2. The second kappa shape index (κ2) is 3.62. The van der Waals surface area contributed by atoms with Crippen molar-refractivity contribution in [2.75, 3.05) is 6.54 Å². The van der Waals surface area contributed by atoms with Gasteiger partial charge in [0, 0.05) is 0 Å². The molecule has 1 aromatic rings. The van der Waals surface area contributed by atoms with Gasteiger partial charge < -0.3 is 10.2 Å². The van der Waals surface area contributed by atoms with Crippen molar-refractivity contribution in [2.45, 2.75) is 26.2 Å². The van der Waals surface area contributed by atoms with E-state index in [4.69, 9.17) is 10.2 Å². The van der Waals surface area contributed by atoms with E-state index in [-0.39, 0.29) is 0 Å². The second-order valence-corrected chi connectivity index (χ2v) is 4.16. The van der Waals surface area contributed by atoms with Crippen LogP contribution in [0.4, 0.5) is 0 Å². The molecule has 0 amide bonds.